The normalized spacial score (nSPS) is 11.6. The molecule has 2 nitrogen and oxygen atoms in total. The van der Waals surface area contributed by atoms with Crippen LogP contribution >= 0.6 is 11.6 Å². The molecular formula is C11H11ClN2. The van der Waals surface area contributed by atoms with Crippen molar-refractivity contribution in [3.63, 3.8) is 0 Å². The molecule has 0 aliphatic heterocycles. The van der Waals surface area contributed by atoms with E-state index in [0.717, 1.165) is 21.5 Å². The summed E-state index contributed by atoms with van der Waals surface area (Å²) in [5.74, 6) is 0. The summed E-state index contributed by atoms with van der Waals surface area (Å²) >= 11 is 6.08. The number of halogens is 1. The van der Waals surface area contributed by atoms with E-state index in [-0.39, 0.29) is 0 Å². The van der Waals surface area contributed by atoms with Gasteiger partial charge in [-0.05, 0) is 23.8 Å². The number of fused-ring (bicyclic) bond motifs is 1. The van der Waals surface area contributed by atoms with Crippen LogP contribution in [0.5, 0.6) is 0 Å². The van der Waals surface area contributed by atoms with Crippen LogP contribution in [-0.2, 0) is 0 Å². The molecule has 0 atom stereocenters. The smallest absolute Gasteiger partial charge is 0.0499 e. The topological polar surface area (TPSA) is 41.8 Å². The Balaban J connectivity index is 2.53. The average molecular weight is 207 g/mol. The van der Waals surface area contributed by atoms with E-state index in [9.17, 15) is 0 Å². The van der Waals surface area contributed by atoms with Gasteiger partial charge in [0.15, 0.2) is 0 Å². The number of H-pyrrole nitrogens is 1. The fourth-order valence-electron chi connectivity index (χ4n) is 1.41. The highest BCUT2D eigenvalue weighted by atomic mass is 35.5. The van der Waals surface area contributed by atoms with Gasteiger partial charge in [-0.1, -0.05) is 23.8 Å². The van der Waals surface area contributed by atoms with Crippen molar-refractivity contribution in [3.05, 3.63) is 41.1 Å². The second kappa shape index (κ2) is 3.86. The highest BCUT2D eigenvalue weighted by molar-refractivity contribution is 6.32. The Labute approximate surface area is 87.4 Å². The molecule has 0 bridgehead atoms. The summed E-state index contributed by atoms with van der Waals surface area (Å²) in [4.78, 5) is 3.11. The number of hydrogen-bond donors (Lipinski definition) is 2. The van der Waals surface area contributed by atoms with Crippen LogP contribution in [0.3, 0.4) is 0 Å². The first-order valence-corrected chi connectivity index (χ1v) is 4.82. The van der Waals surface area contributed by atoms with Gasteiger partial charge in [-0.25, -0.2) is 0 Å². The predicted octanol–water partition coefficient (Wildman–Crippen LogP) is 2.79. The van der Waals surface area contributed by atoms with E-state index in [1.807, 2.05) is 36.5 Å². The first-order valence-electron chi connectivity index (χ1n) is 4.44. The molecule has 0 saturated heterocycles. The zero-order valence-corrected chi connectivity index (χ0v) is 8.38. The third-order valence-electron chi connectivity index (χ3n) is 2.10. The fraction of sp³-hybridized carbons (Fsp3) is 0.0909. The van der Waals surface area contributed by atoms with Gasteiger partial charge in [-0.3, -0.25) is 0 Å². The van der Waals surface area contributed by atoms with Crippen molar-refractivity contribution < 1.29 is 0 Å². The van der Waals surface area contributed by atoms with Crippen LogP contribution in [0.25, 0.3) is 17.0 Å². The van der Waals surface area contributed by atoms with Crippen molar-refractivity contribution in [3.8, 4) is 0 Å². The third kappa shape index (κ3) is 1.67. The maximum absolute atomic E-state index is 6.08. The maximum Gasteiger partial charge on any atom is 0.0499 e. The maximum atomic E-state index is 6.08. The van der Waals surface area contributed by atoms with Gasteiger partial charge < -0.3 is 10.7 Å². The summed E-state index contributed by atoms with van der Waals surface area (Å²) < 4.78 is 0. The minimum absolute atomic E-state index is 0.529. The molecule has 1 heterocycles. The van der Waals surface area contributed by atoms with Crippen molar-refractivity contribution in [2.45, 2.75) is 0 Å². The Morgan fingerprint density at radius 2 is 2.29 bits per heavy atom. The van der Waals surface area contributed by atoms with Crippen LogP contribution in [0, 0.1) is 0 Å². The van der Waals surface area contributed by atoms with E-state index in [2.05, 4.69) is 4.98 Å². The average Bonchev–Trinajstić information content (AvgIpc) is 2.61. The van der Waals surface area contributed by atoms with Crippen molar-refractivity contribution in [2.24, 2.45) is 5.73 Å². The molecule has 0 aliphatic carbocycles. The quantitative estimate of drug-likeness (QED) is 0.780. The Hall–Kier alpha value is -1.25. The minimum atomic E-state index is 0.529. The Kier molecular flexibility index (Phi) is 2.57. The van der Waals surface area contributed by atoms with Crippen molar-refractivity contribution in [2.75, 3.05) is 6.54 Å². The number of hydrogen-bond acceptors (Lipinski definition) is 1. The van der Waals surface area contributed by atoms with Crippen LogP contribution in [0.2, 0.25) is 5.02 Å². The summed E-state index contributed by atoms with van der Waals surface area (Å²) in [6, 6.07) is 5.98. The van der Waals surface area contributed by atoms with E-state index < -0.39 is 0 Å². The molecule has 0 spiro atoms. The SMILES string of the molecule is NCC=Cc1cc2cc[nH]c2cc1Cl. The largest absolute Gasteiger partial charge is 0.361 e. The lowest BCUT2D eigenvalue weighted by Gasteiger charge is -1.98. The van der Waals surface area contributed by atoms with Crippen molar-refractivity contribution >= 4 is 28.6 Å². The summed E-state index contributed by atoms with van der Waals surface area (Å²) in [5.41, 5.74) is 7.44. The standard InChI is InChI=1S/C11H11ClN2/c12-10-7-11-9(3-5-14-11)6-8(10)2-1-4-13/h1-3,5-7,14H,4,13H2. The van der Waals surface area contributed by atoms with Crippen molar-refractivity contribution in [1.82, 2.24) is 4.98 Å². The first-order chi connectivity index (χ1) is 6.81. The lowest BCUT2D eigenvalue weighted by Crippen LogP contribution is -1.92. The van der Waals surface area contributed by atoms with Gasteiger partial charge in [0, 0.05) is 28.7 Å². The Bertz CT molecular complexity index is 471. The number of benzene rings is 1. The monoisotopic (exact) mass is 206 g/mol. The van der Waals surface area contributed by atoms with Gasteiger partial charge in [0.2, 0.25) is 0 Å². The molecule has 3 N–H and O–H groups in total. The van der Waals surface area contributed by atoms with Gasteiger partial charge in [-0.2, -0.15) is 0 Å². The molecule has 0 aliphatic rings. The molecular weight excluding hydrogens is 196 g/mol. The summed E-state index contributed by atoms with van der Waals surface area (Å²) in [6.45, 7) is 0.529. The predicted molar refractivity (Wildman–Crippen MR) is 61.4 cm³/mol. The van der Waals surface area contributed by atoms with Gasteiger partial charge in [0.1, 0.15) is 0 Å². The lowest BCUT2D eigenvalue weighted by molar-refractivity contribution is 1.26. The van der Waals surface area contributed by atoms with Crippen LogP contribution in [0.4, 0.5) is 0 Å². The third-order valence-corrected chi connectivity index (χ3v) is 2.43. The number of nitrogens with two attached hydrogens (primary N) is 1. The molecule has 1 aromatic heterocycles. The van der Waals surface area contributed by atoms with Gasteiger partial charge >= 0.3 is 0 Å². The first kappa shape index (κ1) is 9.31. The second-order valence-corrected chi connectivity index (χ2v) is 3.48. The number of aromatic amines is 1. The van der Waals surface area contributed by atoms with Crippen LogP contribution < -0.4 is 5.73 Å². The van der Waals surface area contributed by atoms with Crippen LogP contribution in [0.15, 0.2) is 30.5 Å². The molecule has 2 rings (SSSR count). The van der Waals surface area contributed by atoms with Gasteiger partial charge in [-0.15, -0.1) is 0 Å². The van der Waals surface area contributed by atoms with E-state index in [4.69, 9.17) is 17.3 Å². The molecule has 0 amide bonds. The number of nitrogens with one attached hydrogen (secondary N) is 1. The Morgan fingerprint density at radius 1 is 1.43 bits per heavy atom. The second-order valence-electron chi connectivity index (χ2n) is 3.08. The minimum Gasteiger partial charge on any atom is -0.361 e. The summed E-state index contributed by atoms with van der Waals surface area (Å²) in [6.07, 6.45) is 5.73. The van der Waals surface area contributed by atoms with E-state index in [1.165, 1.54) is 0 Å². The van der Waals surface area contributed by atoms with Gasteiger partial charge in [0.25, 0.3) is 0 Å². The molecule has 72 valence electrons. The lowest BCUT2D eigenvalue weighted by atomic mass is 10.1. The molecule has 3 heteroatoms. The number of rotatable bonds is 2. The zero-order chi connectivity index (χ0) is 9.97. The highest BCUT2D eigenvalue weighted by Crippen LogP contribution is 2.24. The number of aromatic nitrogens is 1. The van der Waals surface area contributed by atoms with Crippen LogP contribution in [-0.4, -0.2) is 11.5 Å². The zero-order valence-electron chi connectivity index (χ0n) is 7.63. The van der Waals surface area contributed by atoms with Crippen LogP contribution in [0.1, 0.15) is 5.56 Å². The molecule has 2 aromatic rings. The summed E-state index contributed by atoms with van der Waals surface area (Å²) in [7, 11) is 0. The molecule has 0 saturated carbocycles. The molecule has 0 radical (unpaired) electrons. The fourth-order valence-corrected chi connectivity index (χ4v) is 1.64. The van der Waals surface area contributed by atoms with E-state index in [1.54, 1.807) is 0 Å². The highest BCUT2D eigenvalue weighted by Gasteiger charge is 2.00. The molecule has 0 unspecified atom stereocenters. The van der Waals surface area contributed by atoms with Crippen molar-refractivity contribution in [1.29, 1.82) is 0 Å². The van der Waals surface area contributed by atoms with E-state index >= 15 is 0 Å². The molecule has 14 heavy (non-hydrogen) atoms. The summed E-state index contributed by atoms with van der Waals surface area (Å²) in [5, 5.41) is 1.90. The van der Waals surface area contributed by atoms with E-state index in [0.29, 0.717) is 6.54 Å². The molecule has 1 aromatic carbocycles. The Morgan fingerprint density at radius 3 is 3.07 bits per heavy atom. The van der Waals surface area contributed by atoms with Gasteiger partial charge in [0.05, 0.1) is 0 Å². The molecule has 0 fully saturated rings.